The van der Waals surface area contributed by atoms with E-state index >= 15 is 0 Å². The molecular formula is C17H19NO2. The zero-order valence-corrected chi connectivity index (χ0v) is 11.6. The molecule has 20 heavy (non-hydrogen) atoms. The average molecular weight is 269 g/mol. The van der Waals surface area contributed by atoms with Gasteiger partial charge >= 0.3 is 5.97 Å². The van der Waals surface area contributed by atoms with Gasteiger partial charge in [0.1, 0.15) is 0 Å². The molecule has 0 bridgehead atoms. The van der Waals surface area contributed by atoms with Crippen LogP contribution in [0.4, 0.5) is 5.69 Å². The first-order valence-electron chi connectivity index (χ1n) is 6.85. The first kappa shape index (κ1) is 14.1. The number of carbonyl (C=O) groups is 1. The lowest BCUT2D eigenvalue weighted by molar-refractivity contribution is 0.0527. The Morgan fingerprint density at radius 1 is 1.05 bits per heavy atom. The molecule has 2 aromatic carbocycles. The quantitative estimate of drug-likeness (QED) is 0.815. The topological polar surface area (TPSA) is 38.3 Å². The molecule has 0 radical (unpaired) electrons. The predicted octanol–water partition coefficient (Wildman–Crippen LogP) is 3.52. The van der Waals surface area contributed by atoms with Gasteiger partial charge in [0.2, 0.25) is 0 Å². The number of anilines is 1. The van der Waals surface area contributed by atoms with Crippen LogP contribution in [0, 0.1) is 0 Å². The van der Waals surface area contributed by atoms with E-state index in [9.17, 15) is 4.79 Å². The number of hydrogen-bond acceptors (Lipinski definition) is 3. The Labute approximate surface area is 119 Å². The fourth-order valence-corrected chi connectivity index (χ4v) is 2.01. The number of esters is 1. The lowest BCUT2D eigenvalue weighted by atomic mass is 10.1. The summed E-state index contributed by atoms with van der Waals surface area (Å²) in [7, 11) is 0. The van der Waals surface area contributed by atoms with Crippen LogP contribution in [0.25, 0.3) is 0 Å². The molecule has 2 rings (SSSR count). The van der Waals surface area contributed by atoms with E-state index in [1.54, 1.807) is 6.07 Å². The van der Waals surface area contributed by atoms with E-state index in [1.165, 1.54) is 5.56 Å². The van der Waals surface area contributed by atoms with Gasteiger partial charge in [-0.3, -0.25) is 0 Å². The Hall–Kier alpha value is -2.29. The first-order valence-corrected chi connectivity index (χ1v) is 6.85. The summed E-state index contributed by atoms with van der Waals surface area (Å²) >= 11 is 0. The molecule has 0 aromatic heterocycles. The molecule has 0 aliphatic carbocycles. The molecule has 0 amide bonds. The average Bonchev–Trinajstić information content (AvgIpc) is 2.49. The first-order chi connectivity index (χ1) is 9.81. The van der Waals surface area contributed by atoms with E-state index in [4.69, 9.17) is 4.74 Å². The van der Waals surface area contributed by atoms with Gasteiger partial charge in [-0.05, 0) is 31.0 Å². The number of ether oxygens (including phenoxy) is 1. The number of benzene rings is 2. The second-order valence-corrected chi connectivity index (χ2v) is 4.43. The Morgan fingerprint density at radius 3 is 2.50 bits per heavy atom. The largest absolute Gasteiger partial charge is 0.462 e. The van der Waals surface area contributed by atoms with Crippen molar-refractivity contribution in [1.29, 1.82) is 0 Å². The van der Waals surface area contributed by atoms with Crippen molar-refractivity contribution in [2.24, 2.45) is 0 Å². The third kappa shape index (κ3) is 3.85. The second-order valence-electron chi connectivity index (χ2n) is 4.43. The minimum Gasteiger partial charge on any atom is -0.462 e. The Kier molecular flexibility index (Phi) is 5.18. The van der Waals surface area contributed by atoms with Crippen LogP contribution in [-0.4, -0.2) is 19.1 Å². The molecule has 2 aromatic rings. The van der Waals surface area contributed by atoms with Gasteiger partial charge < -0.3 is 10.1 Å². The fraction of sp³-hybridized carbons (Fsp3) is 0.235. The highest BCUT2D eigenvalue weighted by Crippen LogP contribution is 2.16. The van der Waals surface area contributed by atoms with Crippen molar-refractivity contribution in [2.45, 2.75) is 13.3 Å². The predicted molar refractivity (Wildman–Crippen MR) is 81.0 cm³/mol. The molecule has 0 spiro atoms. The van der Waals surface area contributed by atoms with Gasteiger partial charge in [-0.1, -0.05) is 42.5 Å². The van der Waals surface area contributed by atoms with Crippen molar-refractivity contribution in [1.82, 2.24) is 0 Å². The normalized spacial score (nSPS) is 10.1. The molecule has 0 fully saturated rings. The number of hydrogen-bond donors (Lipinski definition) is 1. The molecule has 0 aliphatic rings. The highest BCUT2D eigenvalue weighted by Gasteiger charge is 2.10. The Morgan fingerprint density at radius 2 is 1.75 bits per heavy atom. The molecule has 0 saturated heterocycles. The fourth-order valence-electron chi connectivity index (χ4n) is 2.01. The molecule has 0 unspecified atom stereocenters. The third-order valence-electron chi connectivity index (χ3n) is 2.99. The van der Waals surface area contributed by atoms with Crippen LogP contribution in [0.5, 0.6) is 0 Å². The zero-order chi connectivity index (χ0) is 14.2. The molecule has 0 aliphatic heterocycles. The van der Waals surface area contributed by atoms with Crippen LogP contribution in [0.3, 0.4) is 0 Å². The van der Waals surface area contributed by atoms with Crippen LogP contribution < -0.4 is 5.32 Å². The van der Waals surface area contributed by atoms with Crippen LogP contribution >= 0.6 is 0 Å². The summed E-state index contributed by atoms with van der Waals surface area (Å²) in [4.78, 5) is 11.8. The van der Waals surface area contributed by atoms with E-state index in [2.05, 4.69) is 17.4 Å². The van der Waals surface area contributed by atoms with Gasteiger partial charge in [-0.15, -0.1) is 0 Å². The lowest BCUT2D eigenvalue weighted by Crippen LogP contribution is -2.11. The van der Waals surface area contributed by atoms with E-state index in [0.29, 0.717) is 12.2 Å². The number of rotatable bonds is 6. The van der Waals surface area contributed by atoms with Crippen molar-refractivity contribution in [3.8, 4) is 0 Å². The zero-order valence-electron chi connectivity index (χ0n) is 11.6. The van der Waals surface area contributed by atoms with Gasteiger partial charge in [0, 0.05) is 12.2 Å². The molecule has 3 heteroatoms. The van der Waals surface area contributed by atoms with Gasteiger partial charge in [0.15, 0.2) is 0 Å². The van der Waals surface area contributed by atoms with Crippen molar-refractivity contribution < 1.29 is 9.53 Å². The van der Waals surface area contributed by atoms with Crippen molar-refractivity contribution in [3.05, 3.63) is 65.7 Å². The maximum atomic E-state index is 11.8. The molecule has 0 heterocycles. The summed E-state index contributed by atoms with van der Waals surface area (Å²) in [5, 5.41) is 3.30. The third-order valence-corrected chi connectivity index (χ3v) is 2.99. The van der Waals surface area contributed by atoms with Crippen LogP contribution in [0.1, 0.15) is 22.8 Å². The minimum absolute atomic E-state index is 0.282. The summed E-state index contributed by atoms with van der Waals surface area (Å²) in [6.45, 7) is 2.97. The van der Waals surface area contributed by atoms with Crippen LogP contribution in [0.2, 0.25) is 0 Å². The Balaban J connectivity index is 1.97. The summed E-state index contributed by atoms with van der Waals surface area (Å²) < 4.78 is 5.05. The van der Waals surface area contributed by atoms with Crippen molar-refractivity contribution in [2.75, 3.05) is 18.5 Å². The monoisotopic (exact) mass is 269 g/mol. The smallest absolute Gasteiger partial charge is 0.340 e. The number of carbonyl (C=O) groups excluding carboxylic acids is 1. The summed E-state index contributed by atoms with van der Waals surface area (Å²) in [5.41, 5.74) is 2.68. The number of nitrogens with one attached hydrogen (secondary N) is 1. The van der Waals surface area contributed by atoms with E-state index in [-0.39, 0.29) is 5.97 Å². The van der Waals surface area contributed by atoms with E-state index < -0.39 is 0 Å². The molecule has 0 saturated carbocycles. The van der Waals surface area contributed by atoms with Gasteiger partial charge in [0.25, 0.3) is 0 Å². The van der Waals surface area contributed by atoms with Crippen LogP contribution in [0.15, 0.2) is 54.6 Å². The van der Waals surface area contributed by atoms with Gasteiger partial charge in [-0.25, -0.2) is 4.79 Å². The second kappa shape index (κ2) is 7.34. The SMILES string of the molecule is CCOC(=O)c1ccccc1NCCc1ccccc1. The standard InChI is InChI=1S/C17H19NO2/c1-2-20-17(19)15-10-6-7-11-16(15)18-13-12-14-8-4-3-5-9-14/h3-11,18H,2,12-13H2,1H3. The highest BCUT2D eigenvalue weighted by molar-refractivity contribution is 5.95. The highest BCUT2D eigenvalue weighted by atomic mass is 16.5. The molecule has 0 atom stereocenters. The molecule has 104 valence electrons. The van der Waals surface area contributed by atoms with Crippen LogP contribution in [-0.2, 0) is 11.2 Å². The molecular weight excluding hydrogens is 250 g/mol. The molecule has 1 N–H and O–H groups in total. The summed E-state index contributed by atoms with van der Waals surface area (Å²) in [6.07, 6.45) is 0.915. The Bertz CT molecular complexity index is 552. The van der Waals surface area contributed by atoms with Crippen molar-refractivity contribution >= 4 is 11.7 Å². The molecule has 3 nitrogen and oxygen atoms in total. The number of para-hydroxylation sites is 1. The minimum atomic E-state index is -0.282. The lowest BCUT2D eigenvalue weighted by Gasteiger charge is -2.11. The maximum absolute atomic E-state index is 11.8. The maximum Gasteiger partial charge on any atom is 0.340 e. The van der Waals surface area contributed by atoms with E-state index in [0.717, 1.165) is 18.7 Å². The van der Waals surface area contributed by atoms with E-state index in [1.807, 2.05) is 43.3 Å². The van der Waals surface area contributed by atoms with Crippen molar-refractivity contribution in [3.63, 3.8) is 0 Å². The summed E-state index contributed by atoms with van der Waals surface area (Å²) in [5.74, 6) is -0.282. The summed E-state index contributed by atoms with van der Waals surface area (Å²) in [6, 6.07) is 17.7. The van der Waals surface area contributed by atoms with Gasteiger partial charge in [0.05, 0.1) is 12.2 Å². The van der Waals surface area contributed by atoms with Gasteiger partial charge in [-0.2, -0.15) is 0 Å².